The molecule has 5 fully saturated rings. The van der Waals surface area contributed by atoms with E-state index in [0.717, 1.165) is 44.9 Å². The molecule has 1 amide bonds. The van der Waals surface area contributed by atoms with Gasteiger partial charge in [0.25, 0.3) is 0 Å². The van der Waals surface area contributed by atoms with Crippen LogP contribution in [0, 0.1) is 57.7 Å². The quantitative estimate of drug-likeness (QED) is 0.336. The number of rotatable bonds is 9. The van der Waals surface area contributed by atoms with Gasteiger partial charge in [-0.1, -0.05) is 61.3 Å². The van der Waals surface area contributed by atoms with Crippen LogP contribution in [0.15, 0.2) is 0 Å². The van der Waals surface area contributed by atoms with E-state index in [1.165, 1.54) is 17.1 Å². The first-order valence-electron chi connectivity index (χ1n) is 18.6. The molecule has 0 spiro atoms. The number of ketones is 1. The fraction of sp³-hybridized carbons (Fsp3) is 0.946. The van der Waals surface area contributed by atoms with Crippen LogP contribution in [0.25, 0.3) is 0 Å². The first-order chi connectivity index (χ1) is 21.4. The second kappa shape index (κ2) is 13.4. The Bertz CT molecular complexity index is 1220. The zero-order valence-electron chi connectivity index (χ0n) is 29.8. The third-order valence-corrected chi connectivity index (χ3v) is 16.0. The van der Waals surface area contributed by atoms with Crippen molar-refractivity contribution in [2.24, 2.45) is 57.7 Å². The summed E-state index contributed by atoms with van der Waals surface area (Å²) < 4.78 is 27.5. The fourth-order valence-corrected chi connectivity index (χ4v) is 13.2. The number of hydrogen-bond acceptors (Lipinski definition) is 6. The number of hydrogen-bond donors (Lipinski definition) is 2. The minimum absolute atomic E-state index is 0.0261. The lowest BCUT2D eigenvalue weighted by Gasteiger charge is -2.64. The predicted molar refractivity (Wildman–Crippen MR) is 181 cm³/mol. The third-order valence-electron chi connectivity index (χ3n) is 14.2. The van der Waals surface area contributed by atoms with Gasteiger partial charge in [0.1, 0.15) is 11.5 Å². The van der Waals surface area contributed by atoms with E-state index in [4.69, 9.17) is 0 Å². The van der Waals surface area contributed by atoms with Crippen molar-refractivity contribution in [1.29, 1.82) is 0 Å². The number of sulfonamides is 1. The molecule has 264 valence electrons. The molecular formula is C37H64N2O6S. The lowest BCUT2D eigenvalue weighted by molar-refractivity contribution is -0.203. The number of piperazine rings is 1. The zero-order valence-corrected chi connectivity index (χ0v) is 30.7. The van der Waals surface area contributed by atoms with Crippen LogP contribution in [0.2, 0.25) is 0 Å². The molecule has 11 atom stereocenters. The number of aliphatic hydroxyl groups is 2. The standard InChI is InChI=1S/C37H64N2O6S/c1-8-27-31-22-25(40)14-16-37(31,7)30-15-17-36(6)28(12-13-29(36)32(30)33(27)42)24(2)10-9-11-26(41)23-46(44,45)39-20-18-38(19-21-39)34(43)35(3,4)5/h24-25,27-33,40,42H,8-23H2,1-7H3/t24-,25-,27-,28-,29+,30+,31+,32+,33-,36-,37-/m1/s1. The van der Waals surface area contributed by atoms with Gasteiger partial charge in [-0.15, -0.1) is 0 Å². The molecule has 0 unspecified atom stereocenters. The molecule has 1 saturated heterocycles. The monoisotopic (exact) mass is 664 g/mol. The topological polar surface area (TPSA) is 115 Å². The number of amides is 1. The SMILES string of the molecule is CC[C@H]1[C@@H](O)[C@@H]2[C@H](CC[C@]3(C)[C@@H]([C@H](C)CCCC(=O)CS(=O)(=O)N4CCN(C(=O)C(C)(C)C)CC4)CC[C@@H]23)[C@@]2(C)CC[C@@H](O)C[C@@H]12. The lowest BCUT2D eigenvalue weighted by Crippen LogP contribution is -2.62. The summed E-state index contributed by atoms with van der Waals surface area (Å²) >= 11 is 0. The Morgan fingerprint density at radius 2 is 1.54 bits per heavy atom. The Kier molecular flexibility index (Phi) is 10.5. The number of carbonyl (C=O) groups is 2. The largest absolute Gasteiger partial charge is 0.393 e. The number of aliphatic hydroxyl groups excluding tert-OH is 2. The molecular weight excluding hydrogens is 600 g/mol. The average Bonchev–Trinajstić information content (AvgIpc) is 3.34. The van der Waals surface area contributed by atoms with Gasteiger partial charge in [0.15, 0.2) is 0 Å². The van der Waals surface area contributed by atoms with E-state index >= 15 is 0 Å². The van der Waals surface area contributed by atoms with Crippen molar-refractivity contribution in [3.63, 3.8) is 0 Å². The lowest BCUT2D eigenvalue weighted by atomic mass is 9.41. The van der Waals surface area contributed by atoms with E-state index in [-0.39, 0.29) is 60.2 Å². The van der Waals surface area contributed by atoms with Gasteiger partial charge >= 0.3 is 0 Å². The van der Waals surface area contributed by atoms with Crippen molar-refractivity contribution in [2.45, 2.75) is 131 Å². The summed E-state index contributed by atoms with van der Waals surface area (Å²) in [7, 11) is -3.69. The maximum atomic E-state index is 13.1. The maximum Gasteiger partial charge on any atom is 0.228 e. The molecule has 2 N–H and O–H groups in total. The second-order valence-corrected chi connectivity index (χ2v) is 19.7. The molecule has 8 nitrogen and oxygen atoms in total. The number of fused-ring (bicyclic) bond motifs is 5. The normalized spacial score (nSPS) is 40.9. The van der Waals surface area contributed by atoms with Crippen LogP contribution in [-0.2, 0) is 19.6 Å². The van der Waals surface area contributed by atoms with E-state index in [1.54, 1.807) is 4.90 Å². The van der Waals surface area contributed by atoms with Crippen molar-refractivity contribution in [3.05, 3.63) is 0 Å². The predicted octanol–water partition coefficient (Wildman–Crippen LogP) is 5.51. The molecule has 0 aromatic carbocycles. The maximum absolute atomic E-state index is 13.1. The van der Waals surface area contributed by atoms with Crippen molar-refractivity contribution in [2.75, 3.05) is 31.9 Å². The first kappa shape index (κ1) is 36.3. The minimum atomic E-state index is -3.69. The summed E-state index contributed by atoms with van der Waals surface area (Å²) in [6.07, 6.45) is 9.83. The Morgan fingerprint density at radius 3 is 2.17 bits per heavy atom. The number of Topliss-reactive ketones (excluding diaryl/α,β-unsaturated/α-hetero) is 1. The molecule has 0 aromatic heterocycles. The highest BCUT2D eigenvalue weighted by Crippen LogP contribution is 2.69. The summed E-state index contributed by atoms with van der Waals surface area (Å²) in [5.74, 6) is 2.39. The summed E-state index contributed by atoms with van der Waals surface area (Å²) in [5, 5.41) is 22.5. The highest BCUT2D eigenvalue weighted by atomic mass is 32.2. The van der Waals surface area contributed by atoms with E-state index in [9.17, 15) is 28.2 Å². The summed E-state index contributed by atoms with van der Waals surface area (Å²) in [5.41, 5.74) is -0.115. The molecule has 5 rings (SSSR count). The van der Waals surface area contributed by atoms with Gasteiger partial charge in [0, 0.05) is 38.0 Å². The Morgan fingerprint density at radius 1 is 0.913 bits per heavy atom. The molecule has 5 aliphatic rings. The van der Waals surface area contributed by atoms with Crippen molar-refractivity contribution in [1.82, 2.24) is 9.21 Å². The highest BCUT2D eigenvalue weighted by Gasteiger charge is 2.64. The van der Waals surface area contributed by atoms with Gasteiger partial charge in [-0.05, 0) is 104 Å². The van der Waals surface area contributed by atoms with Gasteiger partial charge in [-0.2, -0.15) is 4.31 Å². The van der Waals surface area contributed by atoms with Gasteiger partial charge in [0.2, 0.25) is 15.9 Å². The molecule has 1 aliphatic heterocycles. The van der Waals surface area contributed by atoms with Gasteiger partial charge < -0.3 is 15.1 Å². The van der Waals surface area contributed by atoms with E-state index in [0.29, 0.717) is 55.0 Å². The average molecular weight is 665 g/mol. The van der Waals surface area contributed by atoms with E-state index in [2.05, 4.69) is 27.7 Å². The molecule has 1 heterocycles. The highest BCUT2D eigenvalue weighted by molar-refractivity contribution is 7.89. The van der Waals surface area contributed by atoms with Crippen molar-refractivity contribution >= 4 is 21.7 Å². The fourth-order valence-electron chi connectivity index (χ4n) is 11.8. The first-order valence-corrected chi connectivity index (χ1v) is 20.2. The van der Waals surface area contributed by atoms with Crippen LogP contribution < -0.4 is 0 Å². The van der Waals surface area contributed by atoms with Crippen LogP contribution in [0.1, 0.15) is 119 Å². The number of carbonyl (C=O) groups excluding carboxylic acids is 2. The molecule has 46 heavy (non-hydrogen) atoms. The summed E-state index contributed by atoms with van der Waals surface area (Å²) in [4.78, 5) is 27.2. The van der Waals surface area contributed by atoms with Crippen LogP contribution in [0.5, 0.6) is 0 Å². The van der Waals surface area contributed by atoms with Crippen LogP contribution in [0.4, 0.5) is 0 Å². The molecule has 0 radical (unpaired) electrons. The Labute approximate surface area is 279 Å². The van der Waals surface area contributed by atoms with E-state index in [1.807, 2.05) is 20.8 Å². The third kappa shape index (κ3) is 6.61. The molecule has 4 aliphatic carbocycles. The summed E-state index contributed by atoms with van der Waals surface area (Å²) in [6.45, 7) is 16.3. The van der Waals surface area contributed by atoms with Crippen molar-refractivity contribution in [3.8, 4) is 0 Å². The van der Waals surface area contributed by atoms with Crippen LogP contribution >= 0.6 is 0 Å². The Hall–Kier alpha value is -1.03. The van der Waals surface area contributed by atoms with Crippen LogP contribution in [-0.4, -0.2) is 83.7 Å². The van der Waals surface area contributed by atoms with Gasteiger partial charge in [-0.3, -0.25) is 9.59 Å². The van der Waals surface area contributed by atoms with E-state index < -0.39 is 21.2 Å². The van der Waals surface area contributed by atoms with Gasteiger partial charge in [0.05, 0.1) is 12.2 Å². The molecule has 0 bridgehead atoms. The Balaban J connectivity index is 1.14. The molecule has 9 heteroatoms. The second-order valence-electron chi connectivity index (χ2n) is 17.7. The molecule has 4 saturated carbocycles. The smallest absolute Gasteiger partial charge is 0.228 e. The molecule has 0 aromatic rings. The number of nitrogens with zero attached hydrogens (tertiary/aromatic N) is 2. The zero-order chi connectivity index (χ0) is 33.8. The van der Waals surface area contributed by atoms with Crippen LogP contribution in [0.3, 0.4) is 0 Å². The minimum Gasteiger partial charge on any atom is -0.393 e. The summed E-state index contributed by atoms with van der Waals surface area (Å²) in [6, 6.07) is 0. The van der Waals surface area contributed by atoms with Gasteiger partial charge in [-0.25, -0.2) is 8.42 Å². The van der Waals surface area contributed by atoms with Crippen molar-refractivity contribution < 1.29 is 28.2 Å².